The van der Waals surface area contributed by atoms with Crippen LogP contribution in [-0.2, 0) is 6.54 Å². The quantitative estimate of drug-likeness (QED) is 0.892. The molecule has 122 valence electrons. The maximum Gasteiger partial charge on any atom is 0.255 e. The Balaban J connectivity index is 1.67. The second kappa shape index (κ2) is 7.32. The Bertz CT molecular complexity index is 695. The van der Waals surface area contributed by atoms with E-state index in [1.54, 1.807) is 23.6 Å². The monoisotopic (exact) mass is 349 g/mol. The number of hydrogen-bond donors (Lipinski definition) is 1. The van der Waals surface area contributed by atoms with Gasteiger partial charge in [-0.3, -0.25) is 4.79 Å². The van der Waals surface area contributed by atoms with Crippen LogP contribution in [0.3, 0.4) is 0 Å². The van der Waals surface area contributed by atoms with E-state index in [-0.39, 0.29) is 5.91 Å². The van der Waals surface area contributed by atoms with Crippen molar-refractivity contribution in [1.82, 2.24) is 9.88 Å². The summed E-state index contributed by atoms with van der Waals surface area (Å²) in [6.45, 7) is 4.43. The third kappa shape index (κ3) is 3.85. The van der Waals surface area contributed by atoms with Gasteiger partial charge in [-0.15, -0.1) is 11.3 Å². The fourth-order valence-electron chi connectivity index (χ4n) is 2.71. The lowest BCUT2D eigenvalue weighted by atomic mass is 10.1. The van der Waals surface area contributed by atoms with Gasteiger partial charge >= 0.3 is 0 Å². The van der Waals surface area contributed by atoms with Crippen molar-refractivity contribution >= 4 is 34.7 Å². The van der Waals surface area contributed by atoms with Gasteiger partial charge in [0.25, 0.3) is 5.91 Å². The molecule has 0 aromatic carbocycles. The minimum Gasteiger partial charge on any atom is -0.364 e. The summed E-state index contributed by atoms with van der Waals surface area (Å²) in [5, 5.41) is 5.80. The summed E-state index contributed by atoms with van der Waals surface area (Å²) in [6, 6.07) is 3.81. The smallest absolute Gasteiger partial charge is 0.255 e. The van der Waals surface area contributed by atoms with Crippen LogP contribution in [0.15, 0.2) is 23.7 Å². The van der Waals surface area contributed by atoms with Crippen LogP contribution in [0, 0.1) is 6.92 Å². The summed E-state index contributed by atoms with van der Waals surface area (Å²) < 4.78 is 0. The average molecular weight is 350 g/mol. The zero-order chi connectivity index (χ0) is 16.2. The summed E-state index contributed by atoms with van der Waals surface area (Å²) in [4.78, 5) is 19.9. The Hall–Kier alpha value is -1.59. The number of amides is 1. The molecule has 4 nitrogen and oxygen atoms in total. The topological polar surface area (TPSA) is 45.2 Å². The molecule has 1 amide bonds. The lowest BCUT2D eigenvalue weighted by Crippen LogP contribution is -2.35. The number of piperidine rings is 1. The first-order valence-electron chi connectivity index (χ1n) is 7.87. The van der Waals surface area contributed by atoms with E-state index >= 15 is 0 Å². The zero-order valence-electron chi connectivity index (χ0n) is 13.1. The van der Waals surface area contributed by atoms with Crippen LogP contribution >= 0.6 is 22.9 Å². The Kier molecular flexibility index (Phi) is 5.18. The maximum atomic E-state index is 12.5. The number of aromatic nitrogens is 1. The highest BCUT2D eigenvalue weighted by Crippen LogP contribution is 2.24. The second-order valence-electron chi connectivity index (χ2n) is 5.79. The van der Waals surface area contributed by atoms with Crippen molar-refractivity contribution in [3.8, 4) is 0 Å². The predicted octanol–water partition coefficient (Wildman–Crippen LogP) is 4.34. The summed E-state index contributed by atoms with van der Waals surface area (Å²) in [7, 11) is 0. The number of carbonyl (C=O) groups excluding carboxylic acids is 1. The standard InChI is InChI=1S/C17H20ClN3OS/c1-12-5-8-23-15(12)11-20-16-14(18)9-13(10-19-16)17(22)21-6-3-2-4-7-21/h5,8-10H,2-4,6-7,11H2,1H3,(H,19,20). The van der Waals surface area contributed by atoms with Crippen LogP contribution < -0.4 is 5.32 Å². The molecule has 23 heavy (non-hydrogen) atoms. The van der Waals surface area contributed by atoms with Gasteiger partial charge < -0.3 is 10.2 Å². The van der Waals surface area contributed by atoms with Gasteiger partial charge in [0.1, 0.15) is 5.82 Å². The number of anilines is 1. The van der Waals surface area contributed by atoms with Crippen LogP contribution in [0.1, 0.15) is 40.1 Å². The van der Waals surface area contributed by atoms with Crippen molar-refractivity contribution in [2.24, 2.45) is 0 Å². The number of halogens is 1. The van der Waals surface area contributed by atoms with Crippen molar-refractivity contribution in [2.45, 2.75) is 32.7 Å². The largest absolute Gasteiger partial charge is 0.364 e. The molecule has 0 saturated carbocycles. The molecule has 0 unspecified atom stereocenters. The van der Waals surface area contributed by atoms with Crippen molar-refractivity contribution in [1.29, 1.82) is 0 Å². The fraction of sp³-hybridized carbons (Fsp3) is 0.412. The van der Waals surface area contributed by atoms with E-state index in [9.17, 15) is 4.79 Å². The number of aryl methyl sites for hydroxylation is 1. The number of rotatable bonds is 4. The first-order chi connectivity index (χ1) is 11.1. The van der Waals surface area contributed by atoms with Gasteiger partial charge in [0.2, 0.25) is 0 Å². The summed E-state index contributed by atoms with van der Waals surface area (Å²) in [6.07, 6.45) is 4.97. The normalized spacial score (nSPS) is 14.8. The molecule has 2 aromatic heterocycles. The lowest BCUT2D eigenvalue weighted by molar-refractivity contribution is 0.0724. The molecule has 0 radical (unpaired) electrons. The molecule has 6 heteroatoms. The summed E-state index contributed by atoms with van der Waals surface area (Å²) in [5.74, 6) is 0.648. The molecular weight excluding hydrogens is 330 g/mol. The fourth-order valence-corrected chi connectivity index (χ4v) is 3.79. The zero-order valence-corrected chi connectivity index (χ0v) is 14.7. The van der Waals surface area contributed by atoms with Gasteiger partial charge in [-0.1, -0.05) is 11.6 Å². The van der Waals surface area contributed by atoms with Gasteiger partial charge in [0.05, 0.1) is 17.1 Å². The molecule has 1 fully saturated rings. The van der Waals surface area contributed by atoms with Crippen molar-refractivity contribution in [3.05, 3.63) is 44.7 Å². The number of hydrogen-bond acceptors (Lipinski definition) is 4. The molecule has 1 N–H and O–H groups in total. The first-order valence-corrected chi connectivity index (χ1v) is 9.12. The lowest BCUT2D eigenvalue weighted by Gasteiger charge is -2.26. The number of pyridine rings is 1. The van der Waals surface area contributed by atoms with Crippen LogP contribution in [0.4, 0.5) is 5.82 Å². The number of carbonyl (C=O) groups is 1. The Morgan fingerprint density at radius 1 is 1.39 bits per heavy atom. The highest BCUT2D eigenvalue weighted by atomic mass is 35.5. The van der Waals surface area contributed by atoms with E-state index in [1.807, 2.05) is 4.90 Å². The number of thiophene rings is 1. The molecule has 1 aliphatic heterocycles. The van der Waals surface area contributed by atoms with Crippen LogP contribution in [0.2, 0.25) is 5.02 Å². The molecule has 1 aliphatic rings. The number of likely N-dealkylation sites (tertiary alicyclic amines) is 1. The van der Waals surface area contributed by atoms with Crippen molar-refractivity contribution < 1.29 is 4.79 Å². The first kappa shape index (κ1) is 16.3. The molecule has 2 aromatic rings. The van der Waals surface area contributed by atoms with Crippen LogP contribution in [0.25, 0.3) is 0 Å². The van der Waals surface area contributed by atoms with Gasteiger partial charge in [-0.25, -0.2) is 4.98 Å². The van der Waals surface area contributed by atoms with Gasteiger partial charge in [0, 0.05) is 24.2 Å². The molecule has 3 rings (SSSR count). The molecule has 0 spiro atoms. The van der Waals surface area contributed by atoms with Crippen molar-refractivity contribution in [2.75, 3.05) is 18.4 Å². The van der Waals surface area contributed by atoms with Gasteiger partial charge in [-0.2, -0.15) is 0 Å². The van der Waals surface area contributed by atoms with E-state index in [4.69, 9.17) is 11.6 Å². The average Bonchev–Trinajstić information content (AvgIpc) is 2.99. The molecule has 0 aliphatic carbocycles. The SMILES string of the molecule is Cc1ccsc1CNc1ncc(C(=O)N2CCCCC2)cc1Cl. The minimum absolute atomic E-state index is 0.0275. The summed E-state index contributed by atoms with van der Waals surface area (Å²) >= 11 is 8.01. The van der Waals surface area contributed by atoms with E-state index in [1.165, 1.54) is 16.9 Å². The molecular formula is C17H20ClN3OS. The van der Waals surface area contributed by atoms with Crippen molar-refractivity contribution in [3.63, 3.8) is 0 Å². The highest BCUT2D eigenvalue weighted by Gasteiger charge is 2.19. The molecule has 3 heterocycles. The van der Waals surface area contributed by atoms with Crippen LogP contribution in [0.5, 0.6) is 0 Å². The Morgan fingerprint density at radius 2 is 2.17 bits per heavy atom. The third-order valence-electron chi connectivity index (χ3n) is 4.12. The van der Waals surface area contributed by atoms with E-state index in [0.717, 1.165) is 25.9 Å². The molecule has 0 bridgehead atoms. The molecule has 1 saturated heterocycles. The maximum absolute atomic E-state index is 12.5. The van der Waals surface area contributed by atoms with Gasteiger partial charge in [0.15, 0.2) is 0 Å². The predicted molar refractivity (Wildman–Crippen MR) is 95.4 cm³/mol. The molecule has 0 atom stereocenters. The van der Waals surface area contributed by atoms with E-state index in [2.05, 4.69) is 28.7 Å². The minimum atomic E-state index is 0.0275. The third-order valence-corrected chi connectivity index (χ3v) is 5.43. The highest BCUT2D eigenvalue weighted by molar-refractivity contribution is 7.10. The summed E-state index contributed by atoms with van der Waals surface area (Å²) in [5.41, 5.74) is 1.82. The van der Waals surface area contributed by atoms with Crippen LogP contribution in [-0.4, -0.2) is 28.9 Å². The number of nitrogens with one attached hydrogen (secondary N) is 1. The second-order valence-corrected chi connectivity index (χ2v) is 7.20. The van der Waals surface area contributed by atoms with Gasteiger partial charge in [-0.05, 0) is 49.3 Å². The van der Waals surface area contributed by atoms with E-state index in [0.29, 0.717) is 22.9 Å². The Labute approximate surface area is 145 Å². The Morgan fingerprint density at radius 3 is 2.83 bits per heavy atom. The number of nitrogens with zero attached hydrogens (tertiary/aromatic N) is 2. The van der Waals surface area contributed by atoms with E-state index < -0.39 is 0 Å².